The highest BCUT2D eigenvalue weighted by atomic mass is 15.1. The third kappa shape index (κ3) is 4.62. The predicted octanol–water partition coefficient (Wildman–Crippen LogP) is 4.82. The molecule has 0 radical (unpaired) electrons. The van der Waals surface area contributed by atoms with E-state index in [-0.39, 0.29) is 0 Å². The number of nitrogens with zero attached hydrogens (tertiary/aromatic N) is 3. The van der Waals surface area contributed by atoms with Crippen LogP contribution in [0.4, 0.5) is 17.3 Å². The van der Waals surface area contributed by atoms with Crippen LogP contribution in [0.3, 0.4) is 0 Å². The van der Waals surface area contributed by atoms with Crippen molar-refractivity contribution in [2.75, 3.05) is 16.4 Å². The molecule has 4 rings (SSSR count). The highest BCUT2D eigenvalue weighted by Gasteiger charge is 2.05. The lowest BCUT2D eigenvalue weighted by Crippen LogP contribution is -2.04. The highest BCUT2D eigenvalue weighted by Crippen LogP contribution is 2.23. The van der Waals surface area contributed by atoms with Gasteiger partial charge in [0.1, 0.15) is 0 Å². The van der Waals surface area contributed by atoms with E-state index in [0.717, 1.165) is 33.8 Å². The summed E-state index contributed by atoms with van der Waals surface area (Å²) in [4.78, 5) is 13.0. The Balaban J connectivity index is 1.38. The Morgan fingerprint density at radius 2 is 1.77 bits per heavy atom. The summed E-state index contributed by atoms with van der Waals surface area (Å²) < 4.78 is 0. The van der Waals surface area contributed by atoms with Crippen molar-refractivity contribution in [3.63, 3.8) is 0 Å². The van der Waals surface area contributed by atoms with Crippen LogP contribution in [0.15, 0.2) is 91.9 Å². The van der Waals surface area contributed by atoms with Crippen LogP contribution < -0.4 is 16.4 Å². The molecule has 4 aromatic rings. The summed E-state index contributed by atoms with van der Waals surface area (Å²) in [5, 5.41) is 6.54. The van der Waals surface area contributed by atoms with Crippen LogP contribution in [0.2, 0.25) is 0 Å². The number of hydrogen-bond acceptors (Lipinski definition) is 6. The number of para-hydroxylation sites is 2. The quantitative estimate of drug-likeness (QED) is 0.390. The van der Waals surface area contributed by atoms with E-state index in [1.54, 1.807) is 18.6 Å². The van der Waals surface area contributed by atoms with Crippen molar-refractivity contribution in [2.45, 2.75) is 6.54 Å². The van der Waals surface area contributed by atoms with Crippen LogP contribution in [0.5, 0.6) is 0 Å². The average molecular weight is 394 g/mol. The van der Waals surface area contributed by atoms with E-state index in [1.807, 2.05) is 54.6 Å². The fraction of sp³-hybridized carbons (Fsp3) is 0.0417. The summed E-state index contributed by atoms with van der Waals surface area (Å²) in [5.74, 6) is 0.575. The topological polar surface area (TPSA) is 88.8 Å². The largest absolute Gasteiger partial charge is 0.397 e. The minimum atomic E-state index is 0.575. The van der Waals surface area contributed by atoms with Gasteiger partial charge in [-0.1, -0.05) is 43.0 Å². The molecule has 0 amide bonds. The summed E-state index contributed by atoms with van der Waals surface area (Å²) in [5.41, 5.74) is 12.2. The predicted molar refractivity (Wildman–Crippen MR) is 123 cm³/mol. The van der Waals surface area contributed by atoms with Crippen molar-refractivity contribution in [1.82, 2.24) is 15.0 Å². The van der Waals surface area contributed by atoms with Crippen LogP contribution in [-0.2, 0) is 6.54 Å². The number of pyridine rings is 1. The molecule has 0 spiro atoms. The summed E-state index contributed by atoms with van der Waals surface area (Å²) in [6.07, 6.45) is 5.27. The maximum atomic E-state index is 5.99. The molecule has 0 fully saturated rings. The van der Waals surface area contributed by atoms with Gasteiger partial charge in [-0.2, -0.15) is 0 Å². The maximum Gasteiger partial charge on any atom is 0.223 e. The Kier molecular flexibility index (Phi) is 5.66. The van der Waals surface area contributed by atoms with Crippen molar-refractivity contribution in [1.29, 1.82) is 0 Å². The van der Waals surface area contributed by atoms with Crippen molar-refractivity contribution in [3.8, 4) is 11.3 Å². The van der Waals surface area contributed by atoms with Gasteiger partial charge < -0.3 is 16.4 Å². The van der Waals surface area contributed by atoms with Crippen LogP contribution in [-0.4, -0.2) is 15.0 Å². The van der Waals surface area contributed by atoms with Gasteiger partial charge in [0.25, 0.3) is 0 Å². The normalized spacial score (nSPS) is 10.4. The van der Waals surface area contributed by atoms with Gasteiger partial charge in [0.2, 0.25) is 5.95 Å². The molecule has 2 heterocycles. The fourth-order valence-electron chi connectivity index (χ4n) is 2.97. The molecule has 4 N–H and O–H groups in total. The summed E-state index contributed by atoms with van der Waals surface area (Å²) in [6, 6.07) is 21.5. The van der Waals surface area contributed by atoms with E-state index in [2.05, 4.69) is 44.3 Å². The molecule has 2 aromatic heterocycles. The van der Waals surface area contributed by atoms with Gasteiger partial charge in [-0.05, 0) is 41.5 Å². The molecule has 0 aliphatic rings. The van der Waals surface area contributed by atoms with Crippen molar-refractivity contribution >= 4 is 23.0 Å². The molecule has 6 nitrogen and oxygen atoms in total. The zero-order chi connectivity index (χ0) is 20.8. The Hall–Kier alpha value is -4.19. The molecular weight excluding hydrogens is 372 g/mol. The Bertz CT molecular complexity index is 1140. The Labute approximate surface area is 175 Å². The van der Waals surface area contributed by atoms with Gasteiger partial charge in [0.15, 0.2) is 0 Å². The number of benzene rings is 2. The van der Waals surface area contributed by atoms with Gasteiger partial charge in [0.05, 0.1) is 17.1 Å². The molecule has 0 aliphatic carbocycles. The first-order valence-electron chi connectivity index (χ1n) is 9.56. The first-order valence-corrected chi connectivity index (χ1v) is 9.56. The van der Waals surface area contributed by atoms with Crippen molar-refractivity contribution in [2.24, 2.45) is 0 Å². The molecule has 0 unspecified atom stereocenters. The maximum absolute atomic E-state index is 5.99. The van der Waals surface area contributed by atoms with E-state index in [0.29, 0.717) is 18.2 Å². The summed E-state index contributed by atoms with van der Waals surface area (Å²) >= 11 is 0. The van der Waals surface area contributed by atoms with E-state index in [1.165, 1.54) is 0 Å². The molecule has 0 atom stereocenters. The summed E-state index contributed by atoms with van der Waals surface area (Å²) in [6.45, 7) is 4.73. The molecule has 148 valence electrons. The number of aromatic nitrogens is 3. The van der Waals surface area contributed by atoms with Gasteiger partial charge in [-0.3, -0.25) is 4.98 Å². The minimum absolute atomic E-state index is 0.575. The highest BCUT2D eigenvalue weighted by molar-refractivity contribution is 5.80. The molecule has 0 saturated heterocycles. The molecule has 2 aromatic carbocycles. The Morgan fingerprint density at radius 1 is 0.933 bits per heavy atom. The number of hydrogen-bond donors (Lipinski definition) is 3. The lowest BCUT2D eigenvalue weighted by molar-refractivity contribution is 1.05. The number of nitrogens with one attached hydrogen (secondary N) is 2. The van der Waals surface area contributed by atoms with Gasteiger partial charge in [-0.15, -0.1) is 0 Å². The number of rotatable bonds is 7. The molecule has 0 aliphatic heterocycles. The van der Waals surface area contributed by atoms with E-state index < -0.39 is 0 Å². The third-order valence-electron chi connectivity index (χ3n) is 4.61. The smallest absolute Gasteiger partial charge is 0.223 e. The van der Waals surface area contributed by atoms with Gasteiger partial charge >= 0.3 is 0 Å². The Morgan fingerprint density at radius 3 is 2.53 bits per heavy atom. The lowest BCUT2D eigenvalue weighted by atomic mass is 10.1. The molecule has 0 bridgehead atoms. The van der Waals surface area contributed by atoms with Gasteiger partial charge in [0, 0.05) is 36.4 Å². The van der Waals surface area contributed by atoms with Crippen LogP contribution in [0, 0.1) is 0 Å². The second-order valence-corrected chi connectivity index (χ2v) is 6.75. The van der Waals surface area contributed by atoms with Crippen LogP contribution >= 0.6 is 0 Å². The lowest BCUT2D eigenvalue weighted by Gasteiger charge is -2.12. The zero-order valence-electron chi connectivity index (χ0n) is 16.4. The zero-order valence-corrected chi connectivity index (χ0v) is 16.4. The fourth-order valence-corrected chi connectivity index (χ4v) is 2.97. The number of nitrogens with two attached hydrogens (primary N) is 1. The van der Waals surface area contributed by atoms with Crippen LogP contribution in [0.1, 0.15) is 11.1 Å². The van der Waals surface area contributed by atoms with Gasteiger partial charge in [-0.25, -0.2) is 9.97 Å². The van der Waals surface area contributed by atoms with E-state index in [9.17, 15) is 0 Å². The molecular formula is C24H22N6. The van der Waals surface area contributed by atoms with Crippen LogP contribution in [0.25, 0.3) is 17.0 Å². The first-order chi connectivity index (χ1) is 14.7. The van der Waals surface area contributed by atoms with Crippen molar-refractivity contribution in [3.05, 3.63) is 103 Å². The minimum Gasteiger partial charge on any atom is -0.397 e. The van der Waals surface area contributed by atoms with Crippen molar-refractivity contribution < 1.29 is 0 Å². The number of anilines is 3. The molecule has 0 saturated carbocycles. The first kappa shape index (κ1) is 19.1. The van der Waals surface area contributed by atoms with E-state index >= 15 is 0 Å². The standard InChI is InChI=1S/C24H22N6/c1-17(29-23-7-3-2-6-21(23)25)19-10-8-18(9-11-19)15-28-24-27-14-12-22(30-24)20-5-4-13-26-16-20/h2-14,16,29H,1,15,25H2,(H,27,28,30). The average Bonchev–Trinajstić information content (AvgIpc) is 2.80. The monoisotopic (exact) mass is 394 g/mol. The SMILES string of the molecule is C=C(Nc1ccccc1N)c1ccc(CNc2nccc(-c3cccnc3)n2)cc1. The molecule has 6 heteroatoms. The second kappa shape index (κ2) is 8.87. The van der Waals surface area contributed by atoms with E-state index in [4.69, 9.17) is 5.73 Å². The molecule has 30 heavy (non-hydrogen) atoms. The third-order valence-corrected chi connectivity index (χ3v) is 4.61. The summed E-state index contributed by atoms with van der Waals surface area (Å²) in [7, 11) is 0. The number of nitrogen functional groups attached to an aromatic ring is 1. The second-order valence-electron chi connectivity index (χ2n) is 6.75.